The van der Waals surface area contributed by atoms with E-state index in [0.717, 1.165) is 12.1 Å². The zero-order chi connectivity index (χ0) is 20.9. The van der Waals surface area contributed by atoms with Gasteiger partial charge in [0.2, 0.25) is 0 Å². The molecule has 0 aliphatic carbocycles. The molecule has 8 heteroatoms. The molecule has 28 heavy (non-hydrogen) atoms. The second-order valence-electron chi connectivity index (χ2n) is 6.16. The van der Waals surface area contributed by atoms with E-state index >= 15 is 0 Å². The monoisotopic (exact) mass is 410 g/mol. The summed E-state index contributed by atoms with van der Waals surface area (Å²) in [6, 6.07) is 4.90. The minimum Gasteiger partial charge on any atom is -0.462 e. The molecule has 2 unspecified atom stereocenters. The summed E-state index contributed by atoms with van der Waals surface area (Å²) in [6.45, 7) is 7.48. The van der Waals surface area contributed by atoms with Crippen molar-refractivity contribution >= 4 is 28.9 Å². The topological polar surface area (TPSA) is 64.7 Å². The molecule has 0 radical (unpaired) electrons. The molecule has 1 aliphatic rings. The predicted octanol–water partition coefficient (Wildman–Crippen LogP) is 4.99. The molecule has 1 aromatic rings. The molecule has 0 aromatic heterocycles. The lowest BCUT2D eigenvalue weighted by Gasteiger charge is -2.14. The van der Waals surface area contributed by atoms with E-state index in [1.54, 1.807) is 19.1 Å². The van der Waals surface area contributed by atoms with Crippen LogP contribution in [0.4, 0.5) is 13.2 Å². The van der Waals surface area contributed by atoms with Crippen LogP contribution >= 0.6 is 11.8 Å². The van der Waals surface area contributed by atoms with E-state index in [4.69, 9.17) is 10.5 Å². The first-order valence-electron chi connectivity index (χ1n) is 8.57. The van der Waals surface area contributed by atoms with Crippen molar-refractivity contribution < 1.29 is 22.7 Å². The summed E-state index contributed by atoms with van der Waals surface area (Å²) in [5, 5.41) is 0.625. The summed E-state index contributed by atoms with van der Waals surface area (Å²) < 4.78 is 43.0. The van der Waals surface area contributed by atoms with Gasteiger partial charge in [-0.05, 0) is 30.5 Å². The fourth-order valence-electron chi connectivity index (χ4n) is 2.54. The molecule has 1 heterocycles. The Morgan fingerprint density at radius 3 is 2.57 bits per heavy atom. The highest BCUT2D eigenvalue weighted by Gasteiger charge is 2.32. The first-order chi connectivity index (χ1) is 13.1. The maximum atomic E-state index is 12.6. The zero-order valence-electron chi connectivity index (χ0n) is 15.5. The van der Waals surface area contributed by atoms with E-state index in [0.29, 0.717) is 15.5 Å². The van der Waals surface area contributed by atoms with Gasteiger partial charge in [-0.3, -0.25) is 0 Å². The Morgan fingerprint density at radius 2 is 2.04 bits per heavy atom. The molecule has 0 saturated heterocycles. The van der Waals surface area contributed by atoms with Gasteiger partial charge >= 0.3 is 12.1 Å². The normalized spacial score (nSPS) is 19.7. The average molecular weight is 410 g/mol. The smallest absolute Gasteiger partial charge is 0.416 e. The van der Waals surface area contributed by atoms with Crippen LogP contribution in [0.1, 0.15) is 25.0 Å². The number of nitrogens with two attached hydrogens (primary N) is 1. The van der Waals surface area contributed by atoms with Gasteiger partial charge in [0.05, 0.1) is 22.1 Å². The number of ether oxygens (including phenoxy) is 1. The summed E-state index contributed by atoms with van der Waals surface area (Å²) in [7, 11) is 0. The second-order valence-corrected chi connectivity index (χ2v) is 7.22. The summed E-state index contributed by atoms with van der Waals surface area (Å²) in [5.74, 6) is -0.593. The lowest BCUT2D eigenvalue weighted by molar-refractivity contribution is -0.138. The number of rotatable bonds is 6. The first kappa shape index (κ1) is 21.8. The molecule has 0 spiro atoms. The van der Waals surface area contributed by atoms with Crippen molar-refractivity contribution in [3.8, 4) is 0 Å². The van der Waals surface area contributed by atoms with E-state index in [1.165, 1.54) is 23.9 Å². The number of esters is 1. The molecular formula is C20H21F3N2O2S. The quantitative estimate of drug-likeness (QED) is 0.671. The number of thioether (sulfide) groups is 1. The number of halogens is 3. The number of carbonyl (C=O) groups excluding carboxylic acids is 1. The molecule has 4 nitrogen and oxygen atoms in total. The molecule has 2 rings (SSSR count). The number of allylic oxidation sites excluding steroid dienone is 2. The Morgan fingerprint density at radius 1 is 1.39 bits per heavy atom. The van der Waals surface area contributed by atoms with Crippen LogP contribution in [0.5, 0.6) is 0 Å². The van der Waals surface area contributed by atoms with Gasteiger partial charge in [0.25, 0.3) is 0 Å². The number of hydrogen-bond acceptors (Lipinski definition) is 5. The van der Waals surface area contributed by atoms with Gasteiger partial charge < -0.3 is 10.5 Å². The Bertz CT molecular complexity index is 827. The maximum Gasteiger partial charge on any atom is 0.416 e. The van der Waals surface area contributed by atoms with Gasteiger partial charge in [-0.25, -0.2) is 9.79 Å². The van der Waals surface area contributed by atoms with Crippen LogP contribution in [0.2, 0.25) is 0 Å². The summed E-state index contributed by atoms with van der Waals surface area (Å²) in [6.07, 6.45) is 1.00. The highest BCUT2D eigenvalue weighted by atomic mass is 32.2. The molecule has 1 aromatic carbocycles. The number of hydrogen-bond donors (Lipinski definition) is 1. The number of carbonyl (C=O) groups is 1. The van der Waals surface area contributed by atoms with Gasteiger partial charge in [0, 0.05) is 5.92 Å². The van der Waals surface area contributed by atoms with Crippen LogP contribution in [0, 0.1) is 11.8 Å². The van der Waals surface area contributed by atoms with Crippen molar-refractivity contribution in [3.05, 3.63) is 64.8 Å². The van der Waals surface area contributed by atoms with Crippen LogP contribution in [0.15, 0.2) is 58.7 Å². The highest BCUT2D eigenvalue weighted by molar-refractivity contribution is 8.18. The third kappa shape index (κ3) is 5.76. The zero-order valence-corrected chi connectivity index (χ0v) is 16.3. The largest absolute Gasteiger partial charge is 0.462 e. The Balaban J connectivity index is 2.19. The molecule has 0 amide bonds. The van der Waals surface area contributed by atoms with Crippen LogP contribution < -0.4 is 5.73 Å². The third-order valence-corrected chi connectivity index (χ3v) is 5.05. The Hall–Kier alpha value is -2.48. The number of nitrogens with zero attached hydrogens (tertiary/aromatic N) is 1. The molecule has 0 fully saturated rings. The second kappa shape index (κ2) is 9.14. The summed E-state index contributed by atoms with van der Waals surface area (Å²) in [5.41, 5.74) is 5.53. The molecule has 150 valence electrons. The van der Waals surface area contributed by atoms with Gasteiger partial charge in [-0.2, -0.15) is 13.2 Å². The van der Waals surface area contributed by atoms with Crippen molar-refractivity contribution in [2.75, 3.05) is 6.61 Å². The number of benzene rings is 1. The predicted molar refractivity (Wildman–Crippen MR) is 106 cm³/mol. The molecule has 2 N–H and O–H groups in total. The van der Waals surface area contributed by atoms with Gasteiger partial charge in [0.1, 0.15) is 5.82 Å². The summed E-state index contributed by atoms with van der Waals surface area (Å²) >= 11 is 1.19. The van der Waals surface area contributed by atoms with Crippen molar-refractivity contribution in [1.29, 1.82) is 0 Å². The van der Waals surface area contributed by atoms with Crippen molar-refractivity contribution in [2.45, 2.75) is 20.0 Å². The van der Waals surface area contributed by atoms with E-state index in [1.807, 2.05) is 13.0 Å². The van der Waals surface area contributed by atoms with E-state index < -0.39 is 17.7 Å². The van der Waals surface area contributed by atoms with Crippen LogP contribution in [-0.4, -0.2) is 17.6 Å². The SMILES string of the molecule is C=C(N)/N=C1/SC(C(=O)OCC)=CC1C(C)/C=C/c1ccc(C(F)(F)F)cc1. The number of aliphatic imine (C=N–C) groups is 1. The van der Waals surface area contributed by atoms with E-state index in [-0.39, 0.29) is 24.3 Å². The molecule has 2 atom stereocenters. The van der Waals surface area contributed by atoms with Gasteiger partial charge in [-0.1, -0.05) is 55.6 Å². The third-order valence-electron chi connectivity index (χ3n) is 3.96. The Labute approximate surface area is 166 Å². The first-order valence-corrected chi connectivity index (χ1v) is 9.38. The lowest BCUT2D eigenvalue weighted by atomic mass is 9.93. The van der Waals surface area contributed by atoms with Gasteiger partial charge in [0.15, 0.2) is 0 Å². The molecule has 0 saturated carbocycles. The van der Waals surface area contributed by atoms with Crippen LogP contribution in [0.3, 0.4) is 0 Å². The average Bonchev–Trinajstić information content (AvgIpc) is 3.03. The van der Waals surface area contributed by atoms with E-state index in [2.05, 4.69) is 11.6 Å². The van der Waals surface area contributed by atoms with Crippen molar-refractivity contribution in [3.63, 3.8) is 0 Å². The van der Waals surface area contributed by atoms with Gasteiger partial charge in [-0.15, -0.1) is 0 Å². The minimum absolute atomic E-state index is 0.0835. The van der Waals surface area contributed by atoms with Crippen LogP contribution in [-0.2, 0) is 15.7 Å². The maximum absolute atomic E-state index is 12.6. The standard InChI is InChI=1S/C20H21F3N2O2S/c1-4-27-19(26)17-11-16(18(28-17)25-13(3)24)12(2)5-6-14-7-9-15(10-8-14)20(21,22)23/h5-12,16H,3-4,24H2,1-2H3/b6-5+,25-18+. The molecular weight excluding hydrogens is 389 g/mol. The fourth-order valence-corrected chi connectivity index (χ4v) is 3.71. The Kier molecular flexibility index (Phi) is 7.12. The minimum atomic E-state index is -4.36. The number of alkyl halides is 3. The van der Waals surface area contributed by atoms with E-state index in [9.17, 15) is 18.0 Å². The van der Waals surface area contributed by atoms with Crippen molar-refractivity contribution in [1.82, 2.24) is 0 Å². The van der Waals surface area contributed by atoms with Crippen LogP contribution in [0.25, 0.3) is 6.08 Å². The van der Waals surface area contributed by atoms with Crippen molar-refractivity contribution in [2.24, 2.45) is 22.6 Å². The molecule has 0 bridgehead atoms. The highest BCUT2D eigenvalue weighted by Crippen LogP contribution is 2.38. The summed E-state index contributed by atoms with van der Waals surface area (Å²) in [4.78, 5) is 16.6. The fraction of sp³-hybridized carbons (Fsp3) is 0.300. The molecule has 1 aliphatic heterocycles. The lowest BCUT2D eigenvalue weighted by Crippen LogP contribution is -2.13.